The van der Waals surface area contributed by atoms with Crippen LogP contribution in [-0.4, -0.2) is 61.8 Å². The molecule has 2 aromatic carbocycles. The van der Waals surface area contributed by atoms with Crippen LogP contribution in [0, 0.1) is 15.9 Å². The predicted molar refractivity (Wildman–Crippen MR) is 122 cm³/mol. The molecule has 1 fully saturated rings. The second-order valence-electron chi connectivity index (χ2n) is 7.75. The van der Waals surface area contributed by atoms with E-state index >= 15 is 0 Å². The van der Waals surface area contributed by atoms with Gasteiger partial charge in [-0.05, 0) is 36.8 Å². The Morgan fingerprint density at radius 3 is 2.19 bits per heavy atom. The summed E-state index contributed by atoms with van der Waals surface area (Å²) < 4.78 is 40.1. The first-order valence-electron chi connectivity index (χ1n) is 10.7. The summed E-state index contributed by atoms with van der Waals surface area (Å²) >= 11 is 0. The van der Waals surface area contributed by atoms with Crippen molar-refractivity contribution in [3.63, 3.8) is 0 Å². The second-order valence-corrected chi connectivity index (χ2v) is 9.69. The zero-order chi connectivity index (χ0) is 23.5. The molecule has 0 spiro atoms. The lowest BCUT2D eigenvalue weighted by Gasteiger charge is -2.39. The van der Waals surface area contributed by atoms with Crippen molar-refractivity contribution in [2.24, 2.45) is 0 Å². The maximum atomic E-state index is 13.2. The van der Waals surface area contributed by atoms with Crippen LogP contribution < -0.4 is 4.90 Å². The fourth-order valence-corrected chi connectivity index (χ4v) is 5.57. The van der Waals surface area contributed by atoms with Gasteiger partial charge in [0.05, 0.1) is 9.82 Å². The lowest BCUT2D eigenvalue weighted by Crippen LogP contribution is -2.47. The number of anilines is 1. The molecule has 0 aliphatic carbocycles. The fraction of sp³-hybridized carbons (Fsp3) is 0.455. The number of hydrogen-bond acceptors (Lipinski definition) is 6. The normalized spacial score (nSPS) is 16.3. The van der Waals surface area contributed by atoms with Gasteiger partial charge in [-0.25, -0.2) is 12.8 Å². The summed E-state index contributed by atoms with van der Waals surface area (Å²) in [5.74, 6) is -0.274. The molecule has 1 heterocycles. The number of sulfonamides is 1. The van der Waals surface area contributed by atoms with Crippen molar-refractivity contribution in [2.45, 2.75) is 31.7 Å². The van der Waals surface area contributed by atoms with E-state index in [1.807, 2.05) is 4.90 Å². The van der Waals surface area contributed by atoms with Crippen LogP contribution in [0.5, 0.6) is 0 Å². The first-order valence-corrected chi connectivity index (χ1v) is 12.2. The van der Waals surface area contributed by atoms with Gasteiger partial charge in [0, 0.05) is 51.4 Å². The zero-order valence-corrected chi connectivity index (χ0v) is 19.4. The van der Waals surface area contributed by atoms with E-state index in [1.165, 1.54) is 28.6 Å². The molecule has 0 N–H and O–H groups in total. The molecule has 10 heteroatoms. The molecule has 1 unspecified atom stereocenters. The number of hydrogen-bond donors (Lipinski definition) is 0. The third-order valence-electron chi connectivity index (χ3n) is 6.04. The van der Waals surface area contributed by atoms with Crippen LogP contribution in [0.1, 0.15) is 32.4 Å². The molecule has 1 atom stereocenters. The minimum atomic E-state index is -3.78. The van der Waals surface area contributed by atoms with Gasteiger partial charge in [-0.15, -0.1) is 0 Å². The molecule has 32 heavy (non-hydrogen) atoms. The van der Waals surface area contributed by atoms with Crippen molar-refractivity contribution in [3.05, 3.63) is 64.0 Å². The van der Waals surface area contributed by atoms with Gasteiger partial charge < -0.3 is 4.90 Å². The van der Waals surface area contributed by atoms with Gasteiger partial charge in [0.25, 0.3) is 5.69 Å². The second kappa shape index (κ2) is 9.93. The molecule has 174 valence electrons. The number of nitrogens with zero attached hydrogens (tertiary/aromatic N) is 4. The van der Waals surface area contributed by atoms with Crippen molar-refractivity contribution in [1.29, 1.82) is 0 Å². The van der Waals surface area contributed by atoms with Gasteiger partial charge >= 0.3 is 0 Å². The highest BCUT2D eigenvalue weighted by Crippen LogP contribution is 2.33. The van der Waals surface area contributed by atoms with Gasteiger partial charge in [0.15, 0.2) is 0 Å². The highest BCUT2D eigenvalue weighted by molar-refractivity contribution is 7.89. The van der Waals surface area contributed by atoms with Crippen LogP contribution >= 0.6 is 0 Å². The molecule has 1 aliphatic heterocycles. The first kappa shape index (κ1) is 24.1. The standard InChI is InChI=1S/C22H29FN4O4S/c1-4-26(5-2)32(30,31)20-10-11-21(22(16-20)27(28)29)25-14-12-24(13-15-25)17(3)18-6-8-19(23)9-7-18/h6-11,16-17H,4-5,12-15H2,1-3H3. The summed E-state index contributed by atoms with van der Waals surface area (Å²) in [6.45, 7) is 8.59. The summed E-state index contributed by atoms with van der Waals surface area (Å²) in [4.78, 5) is 15.3. The van der Waals surface area contributed by atoms with Crippen molar-refractivity contribution in [2.75, 3.05) is 44.2 Å². The molecule has 0 bridgehead atoms. The Kier molecular flexibility index (Phi) is 7.47. The topological polar surface area (TPSA) is 87.0 Å². The maximum absolute atomic E-state index is 13.2. The van der Waals surface area contributed by atoms with Crippen LogP contribution in [-0.2, 0) is 10.0 Å². The van der Waals surface area contributed by atoms with E-state index in [0.29, 0.717) is 45.0 Å². The fourth-order valence-electron chi connectivity index (χ4n) is 4.09. The highest BCUT2D eigenvalue weighted by atomic mass is 32.2. The lowest BCUT2D eigenvalue weighted by atomic mass is 10.1. The molecule has 2 aromatic rings. The number of nitro groups is 1. The Labute approximate surface area is 188 Å². The molecule has 1 saturated heterocycles. The number of nitro benzene ring substituents is 1. The first-order chi connectivity index (χ1) is 15.2. The van der Waals surface area contributed by atoms with Crippen LogP contribution in [0.2, 0.25) is 0 Å². The van der Waals surface area contributed by atoms with E-state index in [2.05, 4.69) is 11.8 Å². The summed E-state index contributed by atoms with van der Waals surface area (Å²) in [6, 6.07) is 10.7. The zero-order valence-electron chi connectivity index (χ0n) is 18.6. The van der Waals surface area contributed by atoms with Crippen molar-refractivity contribution in [3.8, 4) is 0 Å². The Morgan fingerprint density at radius 2 is 1.66 bits per heavy atom. The summed E-state index contributed by atoms with van der Waals surface area (Å²) in [7, 11) is -3.78. The number of rotatable bonds is 8. The largest absolute Gasteiger partial charge is 0.363 e. The van der Waals surface area contributed by atoms with Gasteiger partial charge in [-0.1, -0.05) is 26.0 Å². The molecule has 8 nitrogen and oxygen atoms in total. The van der Waals surface area contributed by atoms with Crippen LogP contribution in [0.3, 0.4) is 0 Å². The Morgan fingerprint density at radius 1 is 1.06 bits per heavy atom. The van der Waals surface area contributed by atoms with Gasteiger partial charge in [0.2, 0.25) is 10.0 Å². The molecule has 0 aromatic heterocycles. The minimum Gasteiger partial charge on any atom is -0.363 e. The number of halogens is 1. The number of piperazine rings is 1. The van der Waals surface area contributed by atoms with E-state index < -0.39 is 14.9 Å². The molecular weight excluding hydrogens is 435 g/mol. The van der Waals surface area contributed by atoms with Crippen molar-refractivity contribution >= 4 is 21.4 Å². The molecule has 0 saturated carbocycles. The smallest absolute Gasteiger partial charge is 0.293 e. The lowest BCUT2D eigenvalue weighted by molar-refractivity contribution is -0.384. The van der Waals surface area contributed by atoms with E-state index in [1.54, 1.807) is 26.0 Å². The molecule has 1 aliphatic rings. The summed E-state index contributed by atoms with van der Waals surface area (Å²) in [5, 5.41) is 11.8. The summed E-state index contributed by atoms with van der Waals surface area (Å²) in [5.41, 5.74) is 1.22. The van der Waals surface area contributed by atoms with E-state index in [-0.39, 0.29) is 22.4 Å². The highest BCUT2D eigenvalue weighted by Gasteiger charge is 2.29. The molecular formula is C22H29FN4O4S. The van der Waals surface area contributed by atoms with E-state index in [0.717, 1.165) is 11.6 Å². The molecule has 0 radical (unpaired) electrons. The van der Waals surface area contributed by atoms with E-state index in [4.69, 9.17) is 0 Å². The third kappa shape index (κ3) is 4.92. The van der Waals surface area contributed by atoms with Gasteiger partial charge in [-0.3, -0.25) is 15.0 Å². The molecule has 3 rings (SSSR count). The quantitative estimate of drug-likeness (QED) is 0.438. The monoisotopic (exact) mass is 464 g/mol. The maximum Gasteiger partial charge on any atom is 0.293 e. The Hall–Kier alpha value is -2.56. The summed E-state index contributed by atoms with van der Waals surface area (Å²) in [6.07, 6.45) is 0. The average molecular weight is 465 g/mol. The average Bonchev–Trinajstić information content (AvgIpc) is 2.79. The third-order valence-corrected chi connectivity index (χ3v) is 8.09. The van der Waals surface area contributed by atoms with Gasteiger partial charge in [-0.2, -0.15) is 4.31 Å². The van der Waals surface area contributed by atoms with Crippen LogP contribution in [0.4, 0.5) is 15.8 Å². The Bertz CT molecular complexity index is 1050. The Balaban J connectivity index is 1.79. The SMILES string of the molecule is CCN(CC)S(=O)(=O)c1ccc(N2CCN(C(C)c3ccc(F)cc3)CC2)c([N+](=O)[O-])c1. The van der Waals surface area contributed by atoms with Crippen molar-refractivity contribution < 1.29 is 17.7 Å². The van der Waals surface area contributed by atoms with E-state index in [9.17, 15) is 22.9 Å². The minimum absolute atomic E-state index is 0.0692. The predicted octanol–water partition coefficient (Wildman–Crippen LogP) is 3.65. The van der Waals surface area contributed by atoms with Gasteiger partial charge in [0.1, 0.15) is 11.5 Å². The van der Waals surface area contributed by atoms with Crippen LogP contribution in [0.15, 0.2) is 47.4 Å². The van der Waals surface area contributed by atoms with Crippen molar-refractivity contribution in [1.82, 2.24) is 9.21 Å². The van der Waals surface area contributed by atoms with Crippen LogP contribution in [0.25, 0.3) is 0 Å². The number of benzene rings is 2. The molecule has 0 amide bonds.